The predicted octanol–water partition coefficient (Wildman–Crippen LogP) is 3.25. The monoisotopic (exact) mass is 545 g/mol. The maximum absolute atomic E-state index is 13.4. The van der Waals surface area contributed by atoms with Crippen LogP contribution < -0.4 is 19.2 Å². The third kappa shape index (κ3) is 7.69. The van der Waals surface area contributed by atoms with Crippen LogP contribution >= 0.6 is 11.6 Å². The zero-order chi connectivity index (χ0) is 26.8. The summed E-state index contributed by atoms with van der Waals surface area (Å²) in [6, 6.07) is 18.6. The standard InChI is InChI=1S/C25H24ClN3O7S/c1-34-21-9-11-23(12-10-21)37(32,33)29(20-7-4-6-19(26)14-20)16-24(30)28-27-15-18-5-3-8-22(13-18)36-17-25(31)35-2/h3-15H,16-17H2,1-2H3,(H,28,30)/b27-15-. The number of hydrogen-bond donors (Lipinski definition) is 1. The minimum absolute atomic E-state index is 0.0339. The van der Waals surface area contributed by atoms with E-state index >= 15 is 0 Å². The van der Waals surface area contributed by atoms with Gasteiger partial charge in [0.25, 0.3) is 15.9 Å². The molecule has 0 heterocycles. The van der Waals surface area contributed by atoms with Crippen molar-refractivity contribution < 1.29 is 32.2 Å². The summed E-state index contributed by atoms with van der Waals surface area (Å²) in [4.78, 5) is 23.9. The van der Waals surface area contributed by atoms with Gasteiger partial charge in [0.05, 0.1) is 31.0 Å². The van der Waals surface area contributed by atoms with Crippen LogP contribution in [0.3, 0.4) is 0 Å². The quantitative estimate of drug-likeness (QED) is 0.223. The van der Waals surface area contributed by atoms with Crippen molar-refractivity contribution in [2.75, 3.05) is 31.7 Å². The lowest BCUT2D eigenvalue weighted by molar-refractivity contribution is -0.142. The molecule has 12 heteroatoms. The maximum atomic E-state index is 13.4. The topological polar surface area (TPSA) is 124 Å². The number of esters is 1. The molecule has 3 aromatic rings. The molecule has 10 nitrogen and oxygen atoms in total. The summed E-state index contributed by atoms with van der Waals surface area (Å²) in [6.07, 6.45) is 1.35. The summed E-state index contributed by atoms with van der Waals surface area (Å²) in [5.74, 6) is -0.329. The first-order chi connectivity index (χ1) is 17.7. The minimum Gasteiger partial charge on any atom is -0.497 e. The van der Waals surface area contributed by atoms with E-state index in [4.69, 9.17) is 21.1 Å². The molecule has 0 saturated heterocycles. The Morgan fingerprint density at radius 1 is 1.00 bits per heavy atom. The van der Waals surface area contributed by atoms with E-state index in [0.717, 1.165) is 4.31 Å². The van der Waals surface area contributed by atoms with Gasteiger partial charge in [-0.15, -0.1) is 0 Å². The average Bonchev–Trinajstić information content (AvgIpc) is 2.90. The van der Waals surface area contributed by atoms with Crippen molar-refractivity contribution in [3.05, 3.63) is 83.4 Å². The molecule has 0 bridgehead atoms. The van der Waals surface area contributed by atoms with Gasteiger partial charge in [0.15, 0.2) is 6.61 Å². The van der Waals surface area contributed by atoms with Crippen LogP contribution in [0, 0.1) is 0 Å². The van der Waals surface area contributed by atoms with Gasteiger partial charge in [0.2, 0.25) is 0 Å². The van der Waals surface area contributed by atoms with Crippen LogP contribution in [0.2, 0.25) is 5.02 Å². The number of anilines is 1. The Morgan fingerprint density at radius 3 is 2.41 bits per heavy atom. The average molecular weight is 546 g/mol. The van der Waals surface area contributed by atoms with Crippen LogP contribution in [0.4, 0.5) is 5.69 Å². The van der Waals surface area contributed by atoms with Crippen molar-refractivity contribution in [2.45, 2.75) is 4.90 Å². The number of hydrogen-bond acceptors (Lipinski definition) is 8. The predicted molar refractivity (Wildman–Crippen MR) is 139 cm³/mol. The molecule has 37 heavy (non-hydrogen) atoms. The number of ether oxygens (including phenoxy) is 3. The van der Waals surface area contributed by atoms with Gasteiger partial charge in [-0.2, -0.15) is 5.10 Å². The van der Waals surface area contributed by atoms with Gasteiger partial charge in [-0.25, -0.2) is 18.6 Å². The molecule has 0 aliphatic rings. The minimum atomic E-state index is -4.14. The Kier molecular flexibility index (Phi) is 9.47. The molecule has 0 aliphatic carbocycles. The van der Waals surface area contributed by atoms with Crippen molar-refractivity contribution in [1.29, 1.82) is 0 Å². The lowest BCUT2D eigenvalue weighted by atomic mass is 10.2. The fourth-order valence-corrected chi connectivity index (χ4v) is 4.65. The molecule has 194 valence electrons. The normalized spacial score (nSPS) is 11.1. The second kappa shape index (κ2) is 12.7. The number of methoxy groups -OCH3 is 2. The molecule has 3 rings (SSSR count). The van der Waals surface area contributed by atoms with Crippen molar-refractivity contribution in [2.24, 2.45) is 5.10 Å². The Morgan fingerprint density at radius 2 is 1.73 bits per heavy atom. The fraction of sp³-hybridized carbons (Fsp3) is 0.160. The maximum Gasteiger partial charge on any atom is 0.343 e. The molecule has 0 fully saturated rings. The zero-order valence-electron chi connectivity index (χ0n) is 20.0. The molecule has 0 spiro atoms. The molecular weight excluding hydrogens is 522 g/mol. The Balaban J connectivity index is 1.75. The second-order valence-corrected chi connectivity index (χ2v) is 9.70. The van der Waals surface area contributed by atoms with E-state index < -0.39 is 28.4 Å². The summed E-state index contributed by atoms with van der Waals surface area (Å²) in [5, 5.41) is 4.21. The molecule has 0 unspecified atom stereocenters. The van der Waals surface area contributed by atoms with E-state index in [-0.39, 0.29) is 17.2 Å². The summed E-state index contributed by atoms with van der Waals surface area (Å²) < 4.78 is 42.7. The van der Waals surface area contributed by atoms with E-state index in [2.05, 4.69) is 15.3 Å². The van der Waals surface area contributed by atoms with Crippen molar-refractivity contribution in [3.8, 4) is 11.5 Å². The van der Waals surface area contributed by atoms with E-state index in [0.29, 0.717) is 22.1 Å². The van der Waals surface area contributed by atoms with E-state index in [9.17, 15) is 18.0 Å². The third-order valence-corrected chi connectivity index (χ3v) is 6.90. The molecular formula is C25H24ClN3O7S. The van der Waals surface area contributed by atoms with Gasteiger partial charge in [-0.3, -0.25) is 9.10 Å². The van der Waals surface area contributed by atoms with Gasteiger partial charge < -0.3 is 14.2 Å². The van der Waals surface area contributed by atoms with Crippen LogP contribution in [0.25, 0.3) is 0 Å². The van der Waals surface area contributed by atoms with Gasteiger partial charge in [0, 0.05) is 5.02 Å². The number of amides is 1. The summed E-state index contributed by atoms with van der Waals surface area (Å²) >= 11 is 6.08. The Hall–Kier alpha value is -4.09. The number of nitrogens with one attached hydrogen (secondary N) is 1. The van der Waals surface area contributed by atoms with E-state index in [1.165, 1.54) is 56.8 Å². The number of hydrazone groups is 1. The SMILES string of the molecule is COC(=O)COc1cccc(/C=N\NC(=O)CN(c2cccc(Cl)c2)S(=O)(=O)c2ccc(OC)cc2)c1. The van der Waals surface area contributed by atoms with E-state index in [1.807, 2.05) is 0 Å². The third-order valence-electron chi connectivity index (χ3n) is 4.88. The molecule has 1 amide bonds. The van der Waals surface area contributed by atoms with Crippen molar-refractivity contribution in [3.63, 3.8) is 0 Å². The highest BCUT2D eigenvalue weighted by Gasteiger charge is 2.27. The van der Waals surface area contributed by atoms with Crippen LogP contribution in [0.5, 0.6) is 11.5 Å². The molecule has 1 N–H and O–H groups in total. The first-order valence-corrected chi connectivity index (χ1v) is 12.6. The van der Waals surface area contributed by atoms with Gasteiger partial charge in [0.1, 0.15) is 18.0 Å². The molecule has 0 aromatic heterocycles. The largest absolute Gasteiger partial charge is 0.497 e. The Labute approximate surface area is 219 Å². The first-order valence-electron chi connectivity index (χ1n) is 10.8. The highest BCUT2D eigenvalue weighted by Crippen LogP contribution is 2.27. The van der Waals surface area contributed by atoms with Crippen LogP contribution in [0.15, 0.2) is 82.8 Å². The summed E-state index contributed by atoms with van der Waals surface area (Å²) in [6.45, 7) is -0.815. The zero-order valence-corrected chi connectivity index (χ0v) is 21.5. The van der Waals surface area contributed by atoms with Gasteiger partial charge >= 0.3 is 5.97 Å². The smallest absolute Gasteiger partial charge is 0.343 e. The van der Waals surface area contributed by atoms with Gasteiger partial charge in [-0.05, 0) is 60.2 Å². The number of sulfonamides is 1. The van der Waals surface area contributed by atoms with Crippen LogP contribution in [-0.4, -0.2) is 53.9 Å². The van der Waals surface area contributed by atoms with Crippen LogP contribution in [-0.2, 0) is 24.3 Å². The summed E-state index contributed by atoms with van der Waals surface area (Å²) in [5.41, 5.74) is 3.10. The second-order valence-electron chi connectivity index (χ2n) is 7.40. The number of benzene rings is 3. The number of rotatable bonds is 11. The van der Waals surface area contributed by atoms with E-state index in [1.54, 1.807) is 36.4 Å². The number of carbonyl (C=O) groups is 2. The molecule has 0 atom stereocenters. The molecule has 0 saturated carbocycles. The Bertz CT molecular complexity index is 1380. The highest BCUT2D eigenvalue weighted by molar-refractivity contribution is 7.92. The first kappa shape index (κ1) is 27.5. The van der Waals surface area contributed by atoms with Gasteiger partial charge in [-0.1, -0.05) is 29.8 Å². The number of halogens is 1. The van der Waals surface area contributed by atoms with Crippen molar-refractivity contribution >= 4 is 45.4 Å². The molecule has 0 radical (unpaired) electrons. The lowest BCUT2D eigenvalue weighted by Gasteiger charge is -2.24. The molecule has 3 aromatic carbocycles. The summed E-state index contributed by atoms with van der Waals surface area (Å²) in [7, 11) is -1.41. The number of carbonyl (C=O) groups excluding carboxylic acids is 2. The highest BCUT2D eigenvalue weighted by atomic mass is 35.5. The van der Waals surface area contributed by atoms with Crippen LogP contribution in [0.1, 0.15) is 5.56 Å². The number of nitrogens with zero attached hydrogens (tertiary/aromatic N) is 2. The van der Waals surface area contributed by atoms with Crippen molar-refractivity contribution in [1.82, 2.24) is 5.43 Å². The fourth-order valence-electron chi connectivity index (χ4n) is 3.05. The lowest BCUT2D eigenvalue weighted by Crippen LogP contribution is -2.39. The molecule has 0 aliphatic heterocycles.